The summed E-state index contributed by atoms with van der Waals surface area (Å²) in [5.74, 6) is 5.08. The fourth-order valence-corrected chi connectivity index (χ4v) is 10.6. The van der Waals surface area contributed by atoms with Crippen molar-refractivity contribution in [1.29, 1.82) is 0 Å². The van der Waals surface area contributed by atoms with Crippen LogP contribution in [0.25, 0.3) is 0 Å². The number of aromatic nitrogens is 2. The molecule has 1 amide bonds. The molecule has 0 aromatic carbocycles. The van der Waals surface area contributed by atoms with Crippen molar-refractivity contribution in [3.63, 3.8) is 0 Å². The zero-order chi connectivity index (χ0) is 26.5. The molecule has 2 heterocycles. The molecule has 6 heteroatoms. The van der Waals surface area contributed by atoms with Crippen LogP contribution in [-0.2, 0) is 4.79 Å². The maximum absolute atomic E-state index is 13.2. The van der Waals surface area contributed by atoms with Crippen molar-refractivity contribution < 1.29 is 9.90 Å². The molecule has 5 aliphatic rings. The summed E-state index contributed by atoms with van der Waals surface area (Å²) < 4.78 is 0. The Hall–Kier alpha value is -1.69. The Morgan fingerprint density at radius 3 is 2.53 bits per heavy atom. The Morgan fingerprint density at radius 1 is 1.00 bits per heavy atom. The number of nitrogens with zero attached hydrogens (tertiary/aromatic N) is 4. The molecule has 0 radical (unpaired) electrons. The van der Waals surface area contributed by atoms with E-state index in [1.54, 1.807) is 6.20 Å². The molecule has 1 aromatic heterocycles. The maximum atomic E-state index is 13.2. The van der Waals surface area contributed by atoms with E-state index in [1.807, 2.05) is 12.3 Å². The normalized spacial score (nSPS) is 41.7. The van der Waals surface area contributed by atoms with E-state index in [0.717, 1.165) is 80.7 Å². The van der Waals surface area contributed by atoms with Crippen molar-refractivity contribution in [2.45, 2.75) is 97.5 Å². The predicted molar refractivity (Wildman–Crippen MR) is 150 cm³/mol. The van der Waals surface area contributed by atoms with Crippen molar-refractivity contribution in [2.24, 2.45) is 46.3 Å². The van der Waals surface area contributed by atoms with Gasteiger partial charge in [-0.3, -0.25) is 4.79 Å². The minimum absolute atomic E-state index is 0.0551. The van der Waals surface area contributed by atoms with E-state index in [4.69, 9.17) is 0 Å². The molecule has 4 aliphatic carbocycles. The smallest absolute Gasteiger partial charge is 0.222 e. The molecule has 0 bridgehead atoms. The second-order valence-electron chi connectivity index (χ2n) is 14.3. The molecule has 1 unspecified atom stereocenters. The van der Waals surface area contributed by atoms with Crippen LogP contribution in [0, 0.1) is 46.3 Å². The quantitative estimate of drug-likeness (QED) is 0.548. The number of anilines is 1. The van der Waals surface area contributed by atoms with Crippen LogP contribution in [0.1, 0.15) is 91.4 Å². The number of hydrogen-bond donors (Lipinski definition) is 1. The molecule has 4 saturated carbocycles. The number of carbonyl (C=O) groups is 1. The average molecular weight is 523 g/mol. The zero-order valence-electron chi connectivity index (χ0n) is 24.0. The van der Waals surface area contributed by atoms with Crippen LogP contribution in [-0.4, -0.2) is 58.4 Å². The molecule has 1 aliphatic heterocycles. The van der Waals surface area contributed by atoms with E-state index < -0.39 is 0 Å². The first-order valence-corrected chi connectivity index (χ1v) is 15.8. The number of carbonyl (C=O) groups excluding carboxylic acids is 1. The standard InChI is InChI=1S/C32H50N4O2/c1-22(4-9-30(38)36-18-16-35(17-19-36)24-12-15-33-34-21-24)27-7-8-28-26-6-5-23-20-25(37)10-13-31(23,2)29(26)11-14-32(27,28)3/h12,15,21-23,25-29,37H,4-11,13-14,16-20H2,1-3H3/t22?,23-,25-,26-,27+,28-,29-,31-,32+/m0/s1. The molecule has 210 valence electrons. The largest absolute Gasteiger partial charge is 0.393 e. The van der Waals surface area contributed by atoms with Crippen molar-refractivity contribution in [3.05, 3.63) is 18.5 Å². The lowest BCUT2D eigenvalue weighted by Crippen LogP contribution is -2.54. The Balaban J connectivity index is 1.03. The lowest BCUT2D eigenvalue weighted by Gasteiger charge is -2.61. The SMILES string of the molecule is CC(CCC(=O)N1CCN(c2ccnnc2)CC1)[C@H]1CC[C@H]2[C@@H]3CC[C@H]4C[C@@H](O)CC[C@]4(C)[C@H]3CC[C@]12C. The van der Waals surface area contributed by atoms with Gasteiger partial charge in [-0.05, 0) is 117 Å². The van der Waals surface area contributed by atoms with Gasteiger partial charge < -0.3 is 14.9 Å². The lowest BCUT2D eigenvalue weighted by molar-refractivity contribution is -0.133. The number of piperazine rings is 1. The van der Waals surface area contributed by atoms with E-state index >= 15 is 0 Å². The van der Waals surface area contributed by atoms with E-state index in [0.29, 0.717) is 29.1 Å². The summed E-state index contributed by atoms with van der Waals surface area (Å²) in [6, 6.07) is 2.00. The van der Waals surface area contributed by atoms with Crippen molar-refractivity contribution in [1.82, 2.24) is 15.1 Å². The highest BCUT2D eigenvalue weighted by molar-refractivity contribution is 5.76. The molecule has 0 spiro atoms. The number of aliphatic hydroxyl groups is 1. The molecule has 9 atom stereocenters. The average Bonchev–Trinajstić information content (AvgIpc) is 3.30. The van der Waals surface area contributed by atoms with Gasteiger partial charge in [-0.15, -0.1) is 0 Å². The van der Waals surface area contributed by atoms with Gasteiger partial charge in [-0.1, -0.05) is 20.8 Å². The maximum Gasteiger partial charge on any atom is 0.222 e. The number of rotatable bonds is 5. The van der Waals surface area contributed by atoms with Crippen LogP contribution in [0.5, 0.6) is 0 Å². The van der Waals surface area contributed by atoms with E-state index in [-0.39, 0.29) is 6.10 Å². The summed E-state index contributed by atoms with van der Waals surface area (Å²) in [4.78, 5) is 17.6. The molecule has 1 saturated heterocycles. The van der Waals surface area contributed by atoms with Gasteiger partial charge >= 0.3 is 0 Å². The van der Waals surface area contributed by atoms with Gasteiger partial charge in [0.1, 0.15) is 0 Å². The van der Waals surface area contributed by atoms with Gasteiger partial charge in [0.2, 0.25) is 5.91 Å². The molecule has 1 aromatic rings. The minimum atomic E-state index is -0.0551. The van der Waals surface area contributed by atoms with Gasteiger partial charge in [0.15, 0.2) is 0 Å². The zero-order valence-corrected chi connectivity index (χ0v) is 24.0. The molecule has 1 N–H and O–H groups in total. The highest BCUT2D eigenvalue weighted by Crippen LogP contribution is 2.68. The first kappa shape index (κ1) is 26.5. The minimum Gasteiger partial charge on any atom is -0.393 e. The van der Waals surface area contributed by atoms with E-state index in [9.17, 15) is 9.90 Å². The summed E-state index contributed by atoms with van der Waals surface area (Å²) in [6.45, 7) is 11.0. The van der Waals surface area contributed by atoms with E-state index in [2.05, 4.69) is 40.8 Å². The number of hydrogen-bond acceptors (Lipinski definition) is 5. The van der Waals surface area contributed by atoms with Crippen LogP contribution in [0.4, 0.5) is 5.69 Å². The van der Waals surface area contributed by atoms with Gasteiger partial charge in [0, 0.05) is 32.6 Å². The molecule has 6 nitrogen and oxygen atoms in total. The highest BCUT2D eigenvalue weighted by Gasteiger charge is 2.60. The molecular weight excluding hydrogens is 472 g/mol. The van der Waals surface area contributed by atoms with Crippen molar-refractivity contribution in [2.75, 3.05) is 31.1 Å². The summed E-state index contributed by atoms with van der Waals surface area (Å²) in [5.41, 5.74) is 2.01. The second-order valence-corrected chi connectivity index (χ2v) is 14.3. The fourth-order valence-electron chi connectivity index (χ4n) is 10.6. The molecule has 5 fully saturated rings. The van der Waals surface area contributed by atoms with Crippen LogP contribution >= 0.6 is 0 Å². The van der Waals surface area contributed by atoms with Crippen LogP contribution in [0.2, 0.25) is 0 Å². The Kier molecular flexibility index (Phi) is 7.24. The van der Waals surface area contributed by atoms with Crippen LogP contribution in [0.3, 0.4) is 0 Å². The molecule has 38 heavy (non-hydrogen) atoms. The number of aliphatic hydroxyl groups excluding tert-OH is 1. The fraction of sp³-hybridized carbons (Fsp3) is 0.844. The Bertz CT molecular complexity index is 981. The summed E-state index contributed by atoms with van der Waals surface area (Å²) in [5, 5.41) is 18.2. The highest BCUT2D eigenvalue weighted by atomic mass is 16.3. The Morgan fingerprint density at radius 2 is 1.76 bits per heavy atom. The van der Waals surface area contributed by atoms with Gasteiger partial charge in [0.25, 0.3) is 0 Å². The summed E-state index contributed by atoms with van der Waals surface area (Å²) >= 11 is 0. The molecule has 6 rings (SSSR count). The van der Waals surface area contributed by atoms with Crippen molar-refractivity contribution in [3.8, 4) is 0 Å². The van der Waals surface area contributed by atoms with Gasteiger partial charge in [-0.25, -0.2) is 0 Å². The topological polar surface area (TPSA) is 69.6 Å². The molecular formula is C32H50N4O2. The van der Waals surface area contributed by atoms with E-state index in [1.165, 1.54) is 44.9 Å². The van der Waals surface area contributed by atoms with Crippen LogP contribution in [0.15, 0.2) is 18.5 Å². The first-order valence-electron chi connectivity index (χ1n) is 15.8. The monoisotopic (exact) mass is 522 g/mol. The van der Waals surface area contributed by atoms with Gasteiger partial charge in [0.05, 0.1) is 24.2 Å². The van der Waals surface area contributed by atoms with Gasteiger partial charge in [-0.2, -0.15) is 10.2 Å². The Labute approximate surface area is 230 Å². The third-order valence-electron chi connectivity index (χ3n) is 12.8. The second kappa shape index (κ2) is 10.4. The third kappa shape index (κ3) is 4.57. The summed E-state index contributed by atoms with van der Waals surface area (Å²) in [6.07, 6.45) is 16.8. The van der Waals surface area contributed by atoms with Crippen LogP contribution < -0.4 is 4.90 Å². The number of amides is 1. The summed E-state index contributed by atoms with van der Waals surface area (Å²) in [7, 11) is 0. The lowest BCUT2D eigenvalue weighted by atomic mass is 9.44. The van der Waals surface area contributed by atoms with Crippen molar-refractivity contribution >= 4 is 11.6 Å². The number of fused-ring (bicyclic) bond motifs is 5. The third-order valence-corrected chi connectivity index (χ3v) is 12.8. The predicted octanol–water partition coefficient (Wildman–Crippen LogP) is 5.56. The first-order chi connectivity index (χ1) is 18.3.